The second-order valence-corrected chi connectivity index (χ2v) is 8.56. The average molecular weight is 417 g/mol. The topological polar surface area (TPSA) is 45.5 Å². The first kappa shape index (κ1) is 18.9. The number of aromatic nitrogens is 2. The summed E-state index contributed by atoms with van der Waals surface area (Å²) in [4.78, 5) is 10.4. The van der Waals surface area contributed by atoms with Crippen LogP contribution in [0.5, 0.6) is 0 Å². The van der Waals surface area contributed by atoms with E-state index in [1.54, 1.807) is 0 Å². The summed E-state index contributed by atoms with van der Waals surface area (Å²) in [6.07, 6.45) is 12.2. The molecule has 3 nitrogen and oxygen atoms in total. The summed E-state index contributed by atoms with van der Waals surface area (Å²) in [5, 5.41) is 2.65. The molecule has 0 spiro atoms. The standard InChI is InChI=1S/C29H25N3/c1(9-20-17-30-27-14-6-3-10-21(20)27)2-11-22(25-18-31-28-15-7-4-12-23(25)28)26-19-32-29-16-8-5-13-24(26)29/h3-10,12-19,22,31-32H,1-2,11H2/p+1/b20-9+. The SMILES string of the molecule is C1=[NH+]c2ccccc2/C1=C/CCCC(c1c[nH]c2ccccc12)c1c[nH]c2ccccc12. The number of unbranched alkanes of at least 4 members (excludes halogenated alkanes) is 1. The molecule has 3 heteroatoms. The molecule has 0 saturated heterocycles. The molecule has 32 heavy (non-hydrogen) atoms. The minimum Gasteiger partial charge on any atom is -0.361 e. The quantitative estimate of drug-likeness (QED) is 0.292. The van der Waals surface area contributed by atoms with Gasteiger partial charge in [-0.15, -0.1) is 0 Å². The van der Waals surface area contributed by atoms with Gasteiger partial charge in [0.2, 0.25) is 5.69 Å². The highest BCUT2D eigenvalue weighted by Crippen LogP contribution is 2.38. The lowest BCUT2D eigenvalue weighted by Gasteiger charge is -2.16. The van der Waals surface area contributed by atoms with Gasteiger partial charge in [-0.1, -0.05) is 54.6 Å². The fourth-order valence-corrected chi connectivity index (χ4v) is 5.09. The lowest BCUT2D eigenvalue weighted by atomic mass is 9.86. The number of rotatable bonds is 6. The summed E-state index contributed by atoms with van der Waals surface area (Å²) < 4.78 is 0. The van der Waals surface area contributed by atoms with Crippen LogP contribution in [0.4, 0.5) is 5.69 Å². The Bertz CT molecular complexity index is 1390. The fourth-order valence-electron chi connectivity index (χ4n) is 5.09. The number of para-hydroxylation sites is 3. The van der Waals surface area contributed by atoms with Crippen molar-refractivity contribution >= 4 is 39.3 Å². The van der Waals surface area contributed by atoms with E-state index in [1.807, 2.05) is 0 Å². The Morgan fingerprint density at radius 3 is 2.09 bits per heavy atom. The zero-order valence-corrected chi connectivity index (χ0v) is 17.9. The molecule has 0 amide bonds. The maximum atomic E-state index is 3.49. The van der Waals surface area contributed by atoms with Gasteiger partial charge >= 0.3 is 0 Å². The number of hydrogen-bond donors (Lipinski definition) is 3. The van der Waals surface area contributed by atoms with Gasteiger partial charge in [0.15, 0.2) is 6.21 Å². The number of nitrogens with one attached hydrogen (secondary N) is 3. The smallest absolute Gasteiger partial charge is 0.211 e. The predicted molar refractivity (Wildman–Crippen MR) is 133 cm³/mol. The molecule has 6 rings (SSSR count). The molecule has 3 heterocycles. The molecule has 0 aliphatic carbocycles. The molecule has 0 atom stereocenters. The van der Waals surface area contributed by atoms with Crippen LogP contribution in [0.25, 0.3) is 27.4 Å². The van der Waals surface area contributed by atoms with Crippen LogP contribution in [0.2, 0.25) is 0 Å². The lowest BCUT2D eigenvalue weighted by molar-refractivity contribution is -0.342. The van der Waals surface area contributed by atoms with Crippen LogP contribution in [0, 0.1) is 0 Å². The first-order valence-corrected chi connectivity index (χ1v) is 11.4. The maximum Gasteiger partial charge on any atom is 0.211 e. The number of benzene rings is 3. The van der Waals surface area contributed by atoms with Crippen molar-refractivity contribution in [2.45, 2.75) is 25.2 Å². The summed E-state index contributed by atoms with van der Waals surface area (Å²) in [5.41, 5.74) is 8.99. The number of aromatic amines is 2. The Kier molecular flexibility index (Phi) is 4.73. The third-order valence-electron chi connectivity index (χ3n) is 6.68. The zero-order chi connectivity index (χ0) is 21.3. The van der Waals surface area contributed by atoms with E-state index in [-0.39, 0.29) is 0 Å². The van der Waals surface area contributed by atoms with Gasteiger partial charge in [0, 0.05) is 51.8 Å². The van der Waals surface area contributed by atoms with Gasteiger partial charge in [-0.25, -0.2) is 4.99 Å². The van der Waals surface area contributed by atoms with E-state index >= 15 is 0 Å². The van der Waals surface area contributed by atoms with E-state index < -0.39 is 0 Å². The van der Waals surface area contributed by atoms with Crippen molar-refractivity contribution in [3.05, 3.63) is 108 Å². The van der Waals surface area contributed by atoms with Crippen molar-refractivity contribution in [1.29, 1.82) is 0 Å². The second kappa shape index (κ2) is 8.01. The van der Waals surface area contributed by atoms with Crippen LogP contribution in [0.3, 0.4) is 0 Å². The Hall–Kier alpha value is -3.85. The third-order valence-corrected chi connectivity index (χ3v) is 6.68. The second-order valence-electron chi connectivity index (χ2n) is 8.56. The van der Waals surface area contributed by atoms with E-state index in [1.165, 1.54) is 49.8 Å². The predicted octanol–water partition coefficient (Wildman–Crippen LogP) is 5.83. The van der Waals surface area contributed by atoms with Crippen LogP contribution in [0.1, 0.15) is 41.9 Å². The van der Waals surface area contributed by atoms with Crippen molar-refractivity contribution in [3.8, 4) is 0 Å². The number of allylic oxidation sites excluding steroid dienone is 2. The zero-order valence-electron chi connectivity index (χ0n) is 17.9. The number of fused-ring (bicyclic) bond motifs is 3. The Morgan fingerprint density at radius 2 is 1.38 bits per heavy atom. The van der Waals surface area contributed by atoms with Crippen LogP contribution in [-0.4, -0.2) is 16.2 Å². The minimum absolute atomic E-state index is 0.346. The highest BCUT2D eigenvalue weighted by atomic mass is 14.8. The molecule has 0 bridgehead atoms. The van der Waals surface area contributed by atoms with Crippen LogP contribution < -0.4 is 4.99 Å². The summed E-state index contributed by atoms with van der Waals surface area (Å²) in [6.45, 7) is 0. The normalized spacial score (nSPS) is 14.2. The molecule has 156 valence electrons. The molecule has 0 unspecified atom stereocenters. The maximum absolute atomic E-state index is 3.49. The van der Waals surface area contributed by atoms with Gasteiger partial charge in [0.25, 0.3) is 0 Å². The van der Waals surface area contributed by atoms with E-state index in [0.717, 1.165) is 19.3 Å². The van der Waals surface area contributed by atoms with Gasteiger partial charge in [0.1, 0.15) is 0 Å². The first-order chi connectivity index (χ1) is 15.9. The lowest BCUT2D eigenvalue weighted by Crippen LogP contribution is -2.58. The van der Waals surface area contributed by atoms with Crippen LogP contribution >= 0.6 is 0 Å². The molecule has 2 aromatic heterocycles. The molecular weight excluding hydrogens is 390 g/mol. The fraction of sp³-hybridized carbons (Fsp3) is 0.138. The summed E-state index contributed by atoms with van der Waals surface area (Å²) in [6, 6.07) is 25.8. The number of H-pyrrole nitrogens is 2. The van der Waals surface area contributed by atoms with Crippen molar-refractivity contribution in [1.82, 2.24) is 9.97 Å². The molecule has 1 aliphatic rings. The van der Waals surface area contributed by atoms with Crippen molar-refractivity contribution in [2.75, 3.05) is 0 Å². The van der Waals surface area contributed by atoms with Gasteiger partial charge < -0.3 is 9.97 Å². The van der Waals surface area contributed by atoms with Crippen LogP contribution in [0.15, 0.2) is 91.3 Å². The van der Waals surface area contributed by atoms with E-state index in [4.69, 9.17) is 0 Å². The molecule has 5 aromatic rings. The van der Waals surface area contributed by atoms with Crippen LogP contribution in [-0.2, 0) is 0 Å². The van der Waals surface area contributed by atoms with Gasteiger partial charge in [-0.2, -0.15) is 0 Å². The molecular formula is C29H26N3+. The molecule has 0 radical (unpaired) electrons. The highest BCUT2D eigenvalue weighted by molar-refractivity contribution is 6.11. The van der Waals surface area contributed by atoms with E-state index in [9.17, 15) is 0 Å². The van der Waals surface area contributed by atoms with E-state index in [2.05, 4.69) is 112 Å². The minimum atomic E-state index is 0.346. The largest absolute Gasteiger partial charge is 0.361 e. The van der Waals surface area contributed by atoms with E-state index in [0.29, 0.717) is 5.92 Å². The first-order valence-electron chi connectivity index (χ1n) is 11.4. The number of hydrogen-bond acceptors (Lipinski definition) is 0. The van der Waals surface area contributed by atoms with Gasteiger partial charge in [-0.3, -0.25) is 0 Å². The summed E-state index contributed by atoms with van der Waals surface area (Å²) in [5.74, 6) is 0.346. The third kappa shape index (κ3) is 3.27. The Balaban J connectivity index is 1.30. The monoisotopic (exact) mass is 416 g/mol. The summed E-state index contributed by atoms with van der Waals surface area (Å²) >= 11 is 0. The Labute approximate surface area is 187 Å². The molecule has 0 saturated carbocycles. The summed E-state index contributed by atoms with van der Waals surface area (Å²) in [7, 11) is 0. The molecule has 0 fully saturated rings. The molecule has 3 N–H and O–H groups in total. The average Bonchev–Trinajstić information content (AvgIpc) is 3.56. The van der Waals surface area contributed by atoms with Gasteiger partial charge in [-0.05, 0) is 48.6 Å². The Morgan fingerprint density at radius 1 is 0.750 bits per heavy atom. The molecule has 1 aliphatic heterocycles. The van der Waals surface area contributed by atoms with Crippen molar-refractivity contribution < 1.29 is 4.99 Å². The van der Waals surface area contributed by atoms with Gasteiger partial charge in [0.05, 0.1) is 5.56 Å². The van der Waals surface area contributed by atoms with Crippen molar-refractivity contribution in [3.63, 3.8) is 0 Å². The molecule has 3 aromatic carbocycles. The highest BCUT2D eigenvalue weighted by Gasteiger charge is 2.21. The van der Waals surface area contributed by atoms with Crippen molar-refractivity contribution in [2.24, 2.45) is 0 Å².